The Morgan fingerprint density at radius 2 is 1.63 bits per heavy atom. The van der Waals surface area contributed by atoms with E-state index in [-0.39, 0.29) is 17.9 Å². The number of ether oxygens (including phenoxy) is 1. The largest absolute Gasteiger partial charge is 0.378 e. The summed E-state index contributed by atoms with van der Waals surface area (Å²) in [5, 5.41) is 4.27. The number of hydrogen-bond donors (Lipinski definition) is 0. The van der Waals surface area contributed by atoms with E-state index in [0.29, 0.717) is 57.5 Å². The van der Waals surface area contributed by atoms with Gasteiger partial charge in [0, 0.05) is 38.5 Å². The van der Waals surface area contributed by atoms with E-state index < -0.39 is 0 Å². The van der Waals surface area contributed by atoms with Gasteiger partial charge in [-0.15, -0.1) is 0 Å². The van der Waals surface area contributed by atoms with Crippen LogP contribution < -0.4 is 0 Å². The van der Waals surface area contributed by atoms with Crippen molar-refractivity contribution in [2.75, 3.05) is 39.4 Å². The fraction of sp³-hybridized carbons (Fsp3) is 0.464. The zero-order valence-corrected chi connectivity index (χ0v) is 20.7. The third kappa shape index (κ3) is 5.56. The number of urea groups is 1. The molecule has 2 atom stereocenters. The molecule has 2 saturated heterocycles. The molecule has 0 bridgehead atoms. The van der Waals surface area contributed by atoms with Gasteiger partial charge in [-0.2, -0.15) is 4.98 Å². The number of morpholine rings is 1. The molecule has 0 radical (unpaired) electrons. The predicted octanol–water partition coefficient (Wildman–Crippen LogP) is 4.56. The lowest BCUT2D eigenvalue weighted by molar-refractivity contribution is 0.0392. The average molecular weight is 475 g/mol. The van der Waals surface area contributed by atoms with Crippen molar-refractivity contribution >= 4 is 6.03 Å². The molecule has 2 unspecified atom stereocenters. The second-order valence-electron chi connectivity index (χ2n) is 9.72. The SMILES string of the molecule is CCc1ccc(C2CC(c3nc(Cc4ccc(C)cc4)no3)CN(C(=O)N3CCOCC3)C2)cc1. The number of benzene rings is 2. The summed E-state index contributed by atoms with van der Waals surface area (Å²) in [6.45, 7) is 7.99. The smallest absolute Gasteiger partial charge is 0.320 e. The fourth-order valence-electron chi connectivity index (χ4n) is 5.05. The minimum absolute atomic E-state index is 0.00357. The number of aryl methyl sites for hydroxylation is 2. The van der Waals surface area contributed by atoms with Gasteiger partial charge in [-0.3, -0.25) is 0 Å². The monoisotopic (exact) mass is 474 g/mol. The Balaban J connectivity index is 1.36. The lowest BCUT2D eigenvalue weighted by Gasteiger charge is -2.40. The molecule has 2 aliphatic heterocycles. The Kier molecular flexibility index (Phi) is 7.13. The number of carbonyl (C=O) groups is 1. The number of aromatic nitrogens is 2. The highest BCUT2D eigenvalue weighted by atomic mass is 16.5. The van der Waals surface area contributed by atoms with Crippen LogP contribution >= 0.6 is 0 Å². The van der Waals surface area contributed by atoms with Gasteiger partial charge in [0.05, 0.1) is 19.1 Å². The molecule has 3 heterocycles. The van der Waals surface area contributed by atoms with Crippen molar-refractivity contribution in [3.05, 3.63) is 82.5 Å². The van der Waals surface area contributed by atoms with Gasteiger partial charge < -0.3 is 19.1 Å². The first kappa shape index (κ1) is 23.5. The quantitative estimate of drug-likeness (QED) is 0.542. The summed E-state index contributed by atoms with van der Waals surface area (Å²) in [5.74, 6) is 1.53. The summed E-state index contributed by atoms with van der Waals surface area (Å²) < 4.78 is 11.2. The van der Waals surface area contributed by atoms with Crippen molar-refractivity contribution in [1.29, 1.82) is 0 Å². The van der Waals surface area contributed by atoms with Gasteiger partial charge in [0.1, 0.15) is 0 Å². The molecule has 1 aromatic heterocycles. The maximum atomic E-state index is 13.4. The highest BCUT2D eigenvalue weighted by Gasteiger charge is 2.36. The number of piperidine rings is 1. The molecule has 0 saturated carbocycles. The number of nitrogens with zero attached hydrogens (tertiary/aromatic N) is 4. The Morgan fingerprint density at radius 3 is 2.34 bits per heavy atom. The lowest BCUT2D eigenvalue weighted by Crippen LogP contribution is -2.52. The number of hydrogen-bond acceptors (Lipinski definition) is 5. The van der Waals surface area contributed by atoms with E-state index in [2.05, 4.69) is 67.5 Å². The van der Waals surface area contributed by atoms with Gasteiger partial charge in [-0.25, -0.2) is 4.79 Å². The fourth-order valence-corrected chi connectivity index (χ4v) is 5.05. The summed E-state index contributed by atoms with van der Waals surface area (Å²) in [4.78, 5) is 22.1. The molecule has 2 aromatic carbocycles. The van der Waals surface area contributed by atoms with Crippen molar-refractivity contribution in [3.63, 3.8) is 0 Å². The normalized spacial score (nSPS) is 20.7. The summed E-state index contributed by atoms with van der Waals surface area (Å²) in [7, 11) is 0. The predicted molar refractivity (Wildman–Crippen MR) is 134 cm³/mol. The Morgan fingerprint density at radius 1 is 0.943 bits per heavy atom. The minimum atomic E-state index is 0.00357. The standard InChI is InChI=1S/C28H34N4O3/c1-3-21-8-10-23(11-9-21)24-17-25(19-32(18-24)28(33)31-12-14-34-15-13-31)27-29-26(30-35-27)16-22-6-4-20(2)5-7-22/h4-11,24-25H,3,12-19H2,1-2H3. The molecule has 184 valence electrons. The third-order valence-electron chi connectivity index (χ3n) is 7.18. The highest BCUT2D eigenvalue weighted by Crippen LogP contribution is 2.36. The maximum Gasteiger partial charge on any atom is 0.320 e. The zero-order valence-electron chi connectivity index (χ0n) is 20.7. The minimum Gasteiger partial charge on any atom is -0.378 e. The van der Waals surface area contributed by atoms with Crippen molar-refractivity contribution in [2.45, 2.75) is 44.9 Å². The summed E-state index contributed by atoms with van der Waals surface area (Å²) in [6.07, 6.45) is 2.53. The van der Waals surface area contributed by atoms with Crippen LogP contribution in [0.1, 0.15) is 59.1 Å². The number of amides is 2. The van der Waals surface area contributed by atoms with Crippen LogP contribution in [0.15, 0.2) is 53.1 Å². The number of rotatable bonds is 5. The van der Waals surface area contributed by atoms with Gasteiger partial charge in [0.25, 0.3) is 0 Å². The van der Waals surface area contributed by atoms with E-state index in [0.717, 1.165) is 18.4 Å². The second kappa shape index (κ2) is 10.6. The maximum absolute atomic E-state index is 13.4. The first-order chi connectivity index (χ1) is 17.1. The van der Waals surface area contributed by atoms with Gasteiger partial charge in [0.15, 0.2) is 5.82 Å². The molecule has 7 nitrogen and oxygen atoms in total. The van der Waals surface area contributed by atoms with Crippen LogP contribution in [0.3, 0.4) is 0 Å². The lowest BCUT2D eigenvalue weighted by atomic mass is 9.84. The molecule has 0 aliphatic carbocycles. The number of carbonyl (C=O) groups excluding carboxylic acids is 1. The van der Waals surface area contributed by atoms with Gasteiger partial charge in [0.2, 0.25) is 5.89 Å². The van der Waals surface area contributed by atoms with E-state index in [1.807, 2.05) is 9.80 Å². The Hall–Kier alpha value is -3.19. The van der Waals surface area contributed by atoms with Crippen LogP contribution in [0.25, 0.3) is 0 Å². The third-order valence-corrected chi connectivity index (χ3v) is 7.18. The van der Waals surface area contributed by atoms with Crippen molar-refractivity contribution in [2.24, 2.45) is 0 Å². The Bertz CT molecular complexity index is 1120. The molecule has 35 heavy (non-hydrogen) atoms. The van der Waals surface area contributed by atoms with Gasteiger partial charge >= 0.3 is 6.03 Å². The van der Waals surface area contributed by atoms with Gasteiger partial charge in [-0.1, -0.05) is 66.2 Å². The first-order valence-electron chi connectivity index (χ1n) is 12.7. The summed E-state index contributed by atoms with van der Waals surface area (Å²) >= 11 is 0. The average Bonchev–Trinajstić information content (AvgIpc) is 3.38. The molecule has 0 spiro atoms. The molecule has 2 aliphatic rings. The van der Waals surface area contributed by atoms with Crippen molar-refractivity contribution < 1.29 is 14.1 Å². The van der Waals surface area contributed by atoms with Crippen LogP contribution in [0.5, 0.6) is 0 Å². The van der Waals surface area contributed by atoms with Gasteiger partial charge in [-0.05, 0) is 36.5 Å². The van der Waals surface area contributed by atoms with Crippen LogP contribution in [-0.4, -0.2) is 65.4 Å². The van der Waals surface area contributed by atoms with Crippen molar-refractivity contribution in [3.8, 4) is 0 Å². The molecule has 0 N–H and O–H groups in total. The van der Waals surface area contributed by atoms with Crippen LogP contribution in [-0.2, 0) is 17.6 Å². The zero-order chi connectivity index (χ0) is 24.2. The van der Waals surface area contributed by atoms with Crippen molar-refractivity contribution in [1.82, 2.24) is 19.9 Å². The van der Waals surface area contributed by atoms with E-state index >= 15 is 0 Å². The topological polar surface area (TPSA) is 71.7 Å². The molecule has 3 aromatic rings. The van der Waals surface area contributed by atoms with Crippen LogP contribution in [0.2, 0.25) is 0 Å². The van der Waals surface area contributed by atoms with E-state index in [1.165, 1.54) is 16.7 Å². The summed E-state index contributed by atoms with van der Waals surface area (Å²) in [5.41, 5.74) is 4.96. The molecular formula is C28H34N4O3. The molecule has 2 fully saturated rings. The molecule has 7 heteroatoms. The molecule has 5 rings (SSSR count). The first-order valence-corrected chi connectivity index (χ1v) is 12.7. The van der Waals surface area contributed by atoms with E-state index in [1.54, 1.807) is 0 Å². The number of likely N-dealkylation sites (tertiary alicyclic amines) is 1. The summed E-state index contributed by atoms with van der Waals surface area (Å²) in [6, 6.07) is 17.3. The van der Waals surface area contributed by atoms with E-state index in [4.69, 9.17) is 14.2 Å². The highest BCUT2D eigenvalue weighted by molar-refractivity contribution is 5.75. The molecular weight excluding hydrogens is 440 g/mol. The molecule has 2 amide bonds. The van der Waals surface area contributed by atoms with Crippen LogP contribution in [0.4, 0.5) is 4.79 Å². The van der Waals surface area contributed by atoms with E-state index in [9.17, 15) is 4.79 Å². The second-order valence-corrected chi connectivity index (χ2v) is 9.72. The van der Waals surface area contributed by atoms with Crippen LogP contribution in [0, 0.1) is 6.92 Å². The Labute approximate surface area is 207 Å².